The predicted octanol–water partition coefficient (Wildman–Crippen LogP) is 1.25. The van der Waals surface area contributed by atoms with E-state index in [0.29, 0.717) is 31.0 Å². The van der Waals surface area contributed by atoms with Crippen LogP contribution in [0.3, 0.4) is 0 Å². The van der Waals surface area contributed by atoms with Crippen LogP contribution in [0.2, 0.25) is 0 Å². The van der Waals surface area contributed by atoms with E-state index in [-0.39, 0.29) is 35.8 Å². The summed E-state index contributed by atoms with van der Waals surface area (Å²) in [6.45, 7) is 0.872. The standard InChI is InChI=1S/C23H22N8O3/c32-20(31-6-5-17-18(12-31)28-23(33)27-17)9-19-29-30-21(34-19)15-10-24-22(25-11-15)26-16-7-13-3-1-2-4-14(13)8-16/h1-4,10-11,16H,5-9,12H2,(H,24,25,26)(H2,27,28,33). The van der Waals surface area contributed by atoms with Crippen LogP contribution in [0.15, 0.2) is 45.9 Å². The number of nitrogens with zero attached hydrogens (tertiary/aromatic N) is 5. The minimum Gasteiger partial charge on any atom is -0.420 e. The van der Waals surface area contributed by atoms with Crippen molar-refractivity contribution in [2.45, 2.75) is 38.3 Å². The molecule has 1 amide bonds. The molecule has 34 heavy (non-hydrogen) atoms. The molecule has 1 aromatic carbocycles. The van der Waals surface area contributed by atoms with Gasteiger partial charge in [0.25, 0.3) is 5.89 Å². The summed E-state index contributed by atoms with van der Waals surface area (Å²) in [5.74, 6) is 0.887. The molecule has 11 nitrogen and oxygen atoms in total. The van der Waals surface area contributed by atoms with Crippen LogP contribution in [0.4, 0.5) is 5.95 Å². The molecule has 172 valence electrons. The average molecular weight is 458 g/mol. The van der Waals surface area contributed by atoms with E-state index in [1.165, 1.54) is 11.1 Å². The number of carbonyl (C=O) groups excluding carboxylic acids is 1. The second-order valence-electron chi connectivity index (χ2n) is 8.59. The Hall–Kier alpha value is -4.28. The Morgan fingerprint density at radius 1 is 1.09 bits per heavy atom. The van der Waals surface area contributed by atoms with Gasteiger partial charge in [-0.1, -0.05) is 24.3 Å². The van der Waals surface area contributed by atoms with Gasteiger partial charge in [0.1, 0.15) is 6.42 Å². The molecule has 4 heterocycles. The molecule has 0 saturated carbocycles. The number of amides is 1. The number of hydrogen-bond donors (Lipinski definition) is 3. The largest absolute Gasteiger partial charge is 0.420 e. The number of nitrogens with one attached hydrogen (secondary N) is 3. The Kier molecular flexibility index (Phi) is 4.93. The maximum Gasteiger partial charge on any atom is 0.323 e. The lowest BCUT2D eigenvalue weighted by atomic mass is 10.1. The number of aromatic nitrogens is 6. The zero-order valence-electron chi connectivity index (χ0n) is 18.2. The molecule has 0 unspecified atom stereocenters. The third-order valence-corrected chi connectivity index (χ3v) is 6.28. The SMILES string of the molecule is O=C(Cc1nnc(-c2cnc(NC3Cc4ccccc4C3)nc2)o1)N1CCc2[nH]c(=O)[nH]c2C1. The lowest BCUT2D eigenvalue weighted by Crippen LogP contribution is -2.37. The molecule has 1 aliphatic carbocycles. The predicted molar refractivity (Wildman–Crippen MR) is 121 cm³/mol. The number of carbonyl (C=O) groups is 1. The van der Waals surface area contributed by atoms with Crippen LogP contribution in [0.5, 0.6) is 0 Å². The van der Waals surface area contributed by atoms with Crippen molar-refractivity contribution in [1.29, 1.82) is 0 Å². The number of aromatic amines is 2. The minimum absolute atomic E-state index is 0.0142. The van der Waals surface area contributed by atoms with E-state index in [0.717, 1.165) is 24.2 Å². The van der Waals surface area contributed by atoms with Crippen molar-refractivity contribution in [2.24, 2.45) is 0 Å². The first-order valence-electron chi connectivity index (χ1n) is 11.2. The average Bonchev–Trinajstić information content (AvgIpc) is 3.56. The van der Waals surface area contributed by atoms with Crippen LogP contribution < -0.4 is 11.0 Å². The molecule has 0 fully saturated rings. The highest BCUT2D eigenvalue weighted by atomic mass is 16.4. The summed E-state index contributed by atoms with van der Waals surface area (Å²) < 4.78 is 5.69. The summed E-state index contributed by atoms with van der Waals surface area (Å²) in [7, 11) is 0. The highest BCUT2D eigenvalue weighted by Crippen LogP contribution is 2.24. The number of hydrogen-bond acceptors (Lipinski definition) is 8. The number of benzene rings is 1. The van der Waals surface area contributed by atoms with Crippen LogP contribution in [0.1, 0.15) is 28.4 Å². The van der Waals surface area contributed by atoms with Crippen molar-refractivity contribution < 1.29 is 9.21 Å². The topological polar surface area (TPSA) is 146 Å². The monoisotopic (exact) mass is 458 g/mol. The van der Waals surface area contributed by atoms with Gasteiger partial charge in [0.05, 0.1) is 17.8 Å². The van der Waals surface area contributed by atoms with Crippen molar-refractivity contribution in [3.05, 3.63) is 75.5 Å². The van der Waals surface area contributed by atoms with E-state index < -0.39 is 0 Å². The van der Waals surface area contributed by atoms with Gasteiger partial charge < -0.3 is 24.6 Å². The summed E-state index contributed by atoms with van der Waals surface area (Å²) in [6.07, 6.45) is 5.73. The first-order valence-corrected chi connectivity index (χ1v) is 11.2. The van der Waals surface area contributed by atoms with Crippen molar-refractivity contribution in [3.63, 3.8) is 0 Å². The first-order chi connectivity index (χ1) is 16.6. The number of anilines is 1. The molecule has 2 aliphatic rings. The summed E-state index contributed by atoms with van der Waals surface area (Å²) in [4.78, 5) is 40.1. The molecule has 3 aromatic heterocycles. The number of fused-ring (bicyclic) bond motifs is 2. The van der Waals surface area contributed by atoms with Gasteiger partial charge in [0.2, 0.25) is 17.7 Å². The number of rotatable bonds is 5. The van der Waals surface area contributed by atoms with Gasteiger partial charge in [-0.2, -0.15) is 0 Å². The van der Waals surface area contributed by atoms with Crippen LogP contribution >= 0.6 is 0 Å². The third-order valence-electron chi connectivity index (χ3n) is 6.28. The molecule has 0 atom stereocenters. The second-order valence-corrected chi connectivity index (χ2v) is 8.59. The molecule has 11 heteroatoms. The highest BCUT2D eigenvalue weighted by Gasteiger charge is 2.25. The molecule has 0 radical (unpaired) electrons. The van der Waals surface area contributed by atoms with E-state index >= 15 is 0 Å². The van der Waals surface area contributed by atoms with Crippen LogP contribution in [0, 0.1) is 0 Å². The fourth-order valence-corrected chi connectivity index (χ4v) is 4.57. The summed E-state index contributed by atoms with van der Waals surface area (Å²) in [5, 5.41) is 11.4. The normalized spacial score (nSPS) is 15.2. The van der Waals surface area contributed by atoms with Crippen molar-refractivity contribution in [3.8, 4) is 11.5 Å². The van der Waals surface area contributed by atoms with Crippen LogP contribution in [-0.4, -0.2) is 53.5 Å². The van der Waals surface area contributed by atoms with Gasteiger partial charge in [-0.3, -0.25) is 4.79 Å². The molecule has 4 aromatic rings. The third kappa shape index (κ3) is 3.96. The lowest BCUT2D eigenvalue weighted by molar-refractivity contribution is -0.131. The van der Waals surface area contributed by atoms with Gasteiger partial charge in [0.15, 0.2) is 0 Å². The van der Waals surface area contributed by atoms with Gasteiger partial charge in [-0.05, 0) is 24.0 Å². The number of imidazole rings is 1. The fraction of sp³-hybridized carbons (Fsp3) is 0.304. The molecule has 3 N–H and O–H groups in total. The molecule has 0 saturated heterocycles. The van der Waals surface area contributed by atoms with Gasteiger partial charge >= 0.3 is 5.69 Å². The van der Waals surface area contributed by atoms with E-state index in [4.69, 9.17) is 4.42 Å². The smallest absolute Gasteiger partial charge is 0.323 e. The quantitative estimate of drug-likeness (QED) is 0.405. The van der Waals surface area contributed by atoms with E-state index in [1.54, 1.807) is 17.3 Å². The summed E-state index contributed by atoms with van der Waals surface area (Å²) >= 11 is 0. The van der Waals surface area contributed by atoms with Gasteiger partial charge in [0, 0.05) is 37.1 Å². The highest BCUT2D eigenvalue weighted by molar-refractivity contribution is 5.78. The van der Waals surface area contributed by atoms with Crippen LogP contribution in [0.25, 0.3) is 11.5 Å². The van der Waals surface area contributed by atoms with Crippen molar-refractivity contribution >= 4 is 11.9 Å². The Bertz CT molecular complexity index is 1380. The molecule has 0 bridgehead atoms. The zero-order chi connectivity index (χ0) is 23.1. The Morgan fingerprint density at radius 2 is 1.82 bits per heavy atom. The van der Waals surface area contributed by atoms with E-state index in [9.17, 15) is 9.59 Å². The lowest BCUT2D eigenvalue weighted by Gasteiger charge is -2.25. The molecule has 1 aliphatic heterocycles. The van der Waals surface area contributed by atoms with Crippen molar-refractivity contribution in [1.82, 2.24) is 35.0 Å². The van der Waals surface area contributed by atoms with Gasteiger partial charge in [-0.25, -0.2) is 14.8 Å². The molecular weight excluding hydrogens is 436 g/mol. The minimum atomic E-state index is -0.252. The Balaban J connectivity index is 1.07. The van der Waals surface area contributed by atoms with E-state index in [1.807, 2.05) is 0 Å². The second kappa shape index (κ2) is 8.25. The number of H-pyrrole nitrogens is 2. The fourth-order valence-electron chi connectivity index (χ4n) is 4.57. The Morgan fingerprint density at radius 3 is 2.59 bits per heavy atom. The van der Waals surface area contributed by atoms with Crippen molar-refractivity contribution in [2.75, 3.05) is 11.9 Å². The van der Waals surface area contributed by atoms with Crippen LogP contribution in [-0.2, 0) is 37.0 Å². The maximum absolute atomic E-state index is 12.7. The Labute approximate surface area is 193 Å². The first kappa shape index (κ1) is 20.3. The summed E-state index contributed by atoms with van der Waals surface area (Å²) in [5.41, 5.74) is 4.64. The van der Waals surface area contributed by atoms with Gasteiger partial charge in [-0.15, -0.1) is 10.2 Å². The molecular formula is C23H22N8O3. The molecule has 6 rings (SSSR count). The summed E-state index contributed by atoms with van der Waals surface area (Å²) in [6, 6.07) is 8.69. The van der Waals surface area contributed by atoms with E-state index in [2.05, 4.69) is 59.7 Å². The maximum atomic E-state index is 12.7. The zero-order valence-corrected chi connectivity index (χ0v) is 18.2. The molecule has 0 spiro atoms.